The van der Waals surface area contributed by atoms with E-state index in [0.717, 1.165) is 22.1 Å². The van der Waals surface area contributed by atoms with Crippen molar-refractivity contribution in [2.45, 2.75) is 0 Å². The van der Waals surface area contributed by atoms with Gasteiger partial charge in [-0.2, -0.15) is 11.3 Å². The van der Waals surface area contributed by atoms with Crippen molar-refractivity contribution in [2.75, 3.05) is 7.11 Å². The number of carbonyl (C=O) groups excluding carboxylic acids is 1. The maximum Gasteiger partial charge on any atom is 0.185 e. The van der Waals surface area contributed by atoms with Crippen LogP contribution in [0.2, 0.25) is 0 Å². The number of hydrogen-bond donors (Lipinski definition) is 0. The Hall–Kier alpha value is -2.39. The molecule has 0 N–H and O–H groups in total. The van der Waals surface area contributed by atoms with E-state index in [9.17, 15) is 4.79 Å². The smallest absolute Gasteiger partial charge is 0.185 e. The van der Waals surface area contributed by atoms with Crippen LogP contribution in [0.3, 0.4) is 0 Å². The third-order valence-electron chi connectivity index (χ3n) is 3.30. The molecule has 1 heterocycles. The molecule has 0 aliphatic heterocycles. The summed E-state index contributed by atoms with van der Waals surface area (Å²) in [5.41, 5.74) is 1.75. The molecule has 2 aromatic carbocycles. The molecule has 0 spiro atoms. The standard InChI is InChI=1S/C18H14O2S/c1-20-17-6-5-14-10-16(4-3-15(14)11-17)18(19)7-2-13-8-9-21-12-13/h2-12H,1H3. The molecule has 21 heavy (non-hydrogen) atoms. The lowest BCUT2D eigenvalue weighted by Gasteiger charge is -2.04. The summed E-state index contributed by atoms with van der Waals surface area (Å²) in [6, 6.07) is 13.5. The largest absolute Gasteiger partial charge is 0.497 e. The Morgan fingerprint density at radius 3 is 2.67 bits per heavy atom. The fourth-order valence-corrected chi connectivity index (χ4v) is 2.77. The van der Waals surface area contributed by atoms with E-state index < -0.39 is 0 Å². The number of thiophene rings is 1. The first-order chi connectivity index (χ1) is 10.3. The fraction of sp³-hybridized carbons (Fsp3) is 0.0556. The summed E-state index contributed by atoms with van der Waals surface area (Å²) in [6.07, 6.45) is 3.46. The van der Waals surface area contributed by atoms with E-state index in [0.29, 0.717) is 5.56 Å². The van der Waals surface area contributed by atoms with E-state index in [1.807, 2.05) is 59.3 Å². The van der Waals surface area contributed by atoms with Gasteiger partial charge in [-0.05, 0) is 57.4 Å². The Bertz CT molecular complexity index is 801. The molecule has 1 aromatic heterocycles. The van der Waals surface area contributed by atoms with Crippen molar-refractivity contribution in [3.8, 4) is 5.75 Å². The van der Waals surface area contributed by atoms with Crippen molar-refractivity contribution < 1.29 is 9.53 Å². The van der Waals surface area contributed by atoms with E-state index >= 15 is 0 Å². The van der Waals surface area contributed by atoms with Crippen molar-refractivity contribution in [1.82, 2.24) is 0 Å². The first kappa shape index (κ1) is 13.6. The normalized spacial score (nSPS) is 11.1. The van der Waals surface area contributed by atoms with Crippen LogP contribution in [0.4, 0.5) is 0 Å². The minimum absolute atomic E-state index is 0.0129. The zero-order valence-corrected chi connectivity index (χ0v) is 12.4. The van der Waals surface area contributed by atoms with Crippen molar-refractivity contribution in [2.24, 2.45) is 0 Å². The van der Waals surface area contributed by atoms with Gasteiger partial charge in [0.25, 0.3) is 0 Å². The number of allylic oxidation sites excluding steroid dienone is 1. The molecule has 0 bridgehead atoms. The number of carbonyl (C=O) groups is 1. The van der Waals surface area contributed by atoms with Gasteiger partial charge in [0.05, 0.1) is 7.11 Å². The molecule has 0 aliphatic rings. The molecule has 0 radical (unpaired) electrons. The Morgan fingerprint density at radius 2 is 1.90 bits per heavy atom. The monoisotopic (exact) mass is 294 g/mol. The predicted molar refractivity (Wildman–Crippen MR) is 88.2 cm³/mol. The number of ether oxygens (including phenoxy) is 1. The summed E-state index contributed by atoms with van der Waals surface area (Å²) in [5, 5.41) is 6.10. The lowest BCUT2D eigenvalue weighted by Crippen LogP contribution is -1.94. The van der Waals surface area contributed by atoms with Gasteiger partial charge in [-0.1, -0.05) is 24.3 Å². The van der Waals surface area contributed by atoms with Gasteiger partial charge in [0.15, 0.2) is 5.78 Å². The van der Waals surface area contributed by atoms with Gasteiger partial charge < -0.3 is 4.74 Å². The molecule has 0 amide bonds. The highest BCUT2D eigenvalue weighted by molar-refractivity contribution is 7.08. The second kappa shape index (κ2) is 5.94. The van der Waals surface area contributed by atoms with Crippen molar-refractivity contribution in [1.29, 1.82) is 0 Å². The topological polar surface area (TPSA) is 26.3 Å². The van der Waals surface area contributed by atoms with E-state index in [1.165, 1.54) is 0 Å². The molecule has 0 fully saturated rings. The van der Waals surface area contributed by atoms with Crippen LogP contribution >= 0.6 is 11.3 Å². The highest BCUT2D eigenvalue weighted by Crippen LogP contribution is 2.22. The Morgan fingerprint density at radius 1 is 1.10 bits per heavy atom. The average Bonchev–Trinajstić information content (AvgIpc) is 3.05. The van der Waals surface area contributed by atoms with E-state index in [1.54, 1.807) is 24.5 Å². The Labute approximate surface area is 127 Å². The van der Waals surface area contributed by atoms with Crippen LogP contribution in [0.5, 0.6) is 5.75 Å². The number of benzene rings is 2. The van der Waals surface area contributed by atoms with Gasteiger partial charge in [0, 0.05) is 5.56 Å². The molecular formula is C18H14O2S. The summed E-state index contributed by atoms with van der Waals surface area (Å²) in [5.74, 6) is 0.831. The maximum atomic E-state index is 12.2. The summed E-state index contributed by atoms with van der Waals surface area (Å²) >= 11 is 1.62. The lowest BCUT2D eigenvalue weighted by molar-refractivity contribution is 0.104. The third kappa shape index (κ3) is 3.03. The first-order valence-corrected chi connectivity index (χ1v) is 7.53. The molecule has 0 saturated carbocycles. The minimum atomic E-state index is 0.0129. The van der Waals surface area contributed by atoms with Gasteiger partial charge >= 0.3 is 0 Å². The summed E-state index contributed by atoms with van der Waals surface area (Å²) < 4.78 is 5.20. The average molecular weight is 294 g/mol. The molecule has 2 nitrogen and oxygen atoms in total. The number of fused-ring (bicyclic) bond motifs is 1. The zero-order chi connectivity index (χ0) is 14.7. The number of ketones is 1. The third-order valence-corrected chi connectivity index (χ3v) is 4.00. The van der Waals surface area contributed by atoms with Gasteiger partial charge in [0.1, 0.15) is 5.75 Å². The summed E-state index contributed by atoms with van der Waals surface area (Å²) in [6.45, 7) is 0. The summed E-state index contributed by atoms with van der Waals surface area (Å²) in [4.78, 5) is 12.2. The second-order valence-electron chi connectivity index (χ2n) is 4.68. The number of hydrogen-bond acceptors (Lipinski definition) is 3. The van der Waals surface area contributed by atoms with Crippen LogP contribution in [-0.4, -0.2) is 12.9 Å². The molecule has 0 aliphatic carbocycles. The fourth-order valence-electron chi connectivity index (χ4n) is 2.14. The van der Waals surface area contributed by atoms with E-state index in [-0.39, 0.29) is 5.78 Å². The van der Waals surface area contributed by atoms with Crippen molar-refractivity contribution >= 4 is 34.0 Å². The van der Waals surface area contributed by atoms with Crippen LogP contribution in [0.25, 0.3) is 16.8 Å². The Kier molecular flexibility index (Phi) is 3.84. The van der Waals surface area contributed by atoms with E-state index in [4.69, 9.17) is 4.74 Å². The van der Waals surface area contributed by atoms with Crippen LogP contribution < -0.4 is 4.74 Å². The zero-order valence-electron chi connectivity index (χ0n) is 11.6. The SMILES string of the molecule is COc1ccc2cc(C(=O)C=Cc3ccsc3)ccc2c1. The predicted octanol–water partition coefficient (Wildman–Crippen LogP) is 4.81. The van der Waals surface area contributed by atoms with Crippen LogP contribution in [-0.2, 0) is 0 Å². The lowest BCUT2D eigenvalue weighted by atomic mass is 10.0. The molecule has 3 aromatic rings. The molecule has 0 unspecified atom stereocenters. The molecule has 104 valence electrons. The van der Waals surface area contributed by atoms with Crippen LogP contribution in [0.1, 0.15) is 15.9 Å². The maximum absolute atomic E-state index is 12.2. The van der Waals surface area contributed by atoms with Crippen molar-refractivity contribution in [3.63, 3.8) is 0 Å². The molecule has 0 saturated heterocycles. The molecule has 3 rings (SSSR count). The highest BCUT2D eigenvalue weighted by atomic mass is 32.1. The minimum Gasteiger partial charge on any atom is -0.497 e. The second-order valence-corrected chi connectivity index (χ2v) is 5.46. The van der Waals surface area contributed by atoms with Gasteiger partial charge in [0.2, 0.25) is 0 Å². The highest BCUT2D eigenvalue weighted by Gasteiger charge is 2.04. The number of methoxy groups -OCH3 is 1. The van der Waals surface area contributed by atoms with Gasteiger partial charge in [-0.3, -0.25) is 4.79 Å². The van der Waals surface area contributed by atoms with E-state index in [2.05, 4.69) is 0 Å². The van der Waals surface area contributed by atoms with Gasteiger partial charge in [-0.25, -0.2) is 0 Å². The molecule has 3 heteroatoms. The van der Waals surface area contributed by atoms with Crippen LogP contribution in [0, 0.1) is 0 Å². The Balaban J connectivity index is 1.88. The van der Waals surface area contributed by atoms with Crippen LogP contribution in [0.15, 0.2) is 59.3 Å². The summed E-state index contributed by atoms with van der Waals surface area (Å²) in [7, 11) is 1.65. The molecular weight excluding hydrogens is 280 g/mol. The van der Waals surface area contributed by atoms with Crippen molar-refractivity contribution in [3.05, 3.63) is 70.4 Å². The number of rotatable bonds is 4. The van der Waals surface area contributed by atoms with Gasteiger partial charge in [-0.15, -0.1) is 0 Å². The first-order valence-electron chi connectivity index (χ1n) is 6.59. The molecule has 0 atom stereocenters. The quantitative estimate of drug-likeness (QED) is 0.510.